The highest BCUT2D eigenvalue weighted by atomic mass is 16.6. The van der Waals surface area contributed by atoms with Gasteiger partial charge in [0.25, 0.3) is 5.89 Å². The van der Waals surface area contributed by atoms with Gasteiger partial charge < -0.3 is 13.9 Å². The van der Waals surface area contributed by atoms with Gasteiger partial charge in [-0.2, -0.15) is 0 Å². The first kappa shape index (κ1) is 14.6. The van der Waals surface area contributed by atoms with Gasteiger partial charge in [-0.3, -0.25) is 0 Å². The van der Waals surface area contributed by atoms with Crippen molar-refractivity contribution in [3.8, 4) is 0 Å². The van der Waals surface area contributed by atoms with Crippen LogP contribution in [-0.4, -0.2) is 28.9 Å². The maximum Gasteiger partial charge on any atom is 0.335 e. The number of aromatic nitrogens is 2. The number of rotatable bonds is 7. The second-order valence-electron chi connectivity index (χ2n) is 4.52. The summed E-state index contributed by atoms with van der Waals surface area (Å²) in [6.07, 6.45) is 0.341. The molecule has 1 aromatic heterocycles. The van der Waals surface area contributed by atoms with Crippen LogP contribution in [0.3, 0.4) is 0 Å². The van der Waals surface area contributed by atoms with Crippen molar-refractivity contribution in [3.63, 3.8) is 0 Å². The standard InChI is InChI=1S/C12H20N2O4/c1-8(2)5-6-16-9(3)12(15)17-7-11-14-13-10(4)18-11/h8-9H,5-7H2,1-4H3. The molecule has 0 aliphatic carbocycles. The number of ether oxygens (including phenoxy) is 2. The van der Waals surface area contributed by atoms with Crippen LogP contribution in [0.15, 0.2) is 4.42 Å². The van der Waals surface area contributed by atoms with Crippen LogP contribution in [0.2, 0.25) is 0 Å². The van der Waals surface area contributed by atoms with Crippen molar-refractivity contribution >= 4 is 5.97 Å². The average molecular weight is 256 g/mol. The fourth-order valence-corrected chi connectivity index (χ4v) is 1.19. The molecule has 0 spiro atoms. The molecule has 0 bridgehead atoms. The van der Waals surface area contributed by atoms with Gasteiger partial charge in [-0.1, -0.05) is 13.8 Å². The fraction of sp³-hybridized carbons (Fsp3) is 0.750. The summed E-state index contributed by atoms with van der Waals surface area (Å²) < 4.78 is 15.5. The Bertz CT molecular complexity index is 376. The van der Waals surface area contributed by atoms with Crippen molar-refractivity contribution in [2.45, 2.75) is 46.8 Å². The summed E-state index contributed by atoms with van der Waals surface area (Å²) in [6, 6.07) is 0. The van der Waals surface area contributed by atoms with Gasteiger partial charge in [0.15, 0.2) is 12.7 Å². The molecular formula is C12H20N2O4. The third-order valence-corrected chi connectivity index (χ3v) is 2.30. The summed E-state index contributed by atoms with van der Waals surface area (Å²) in [4.78, 5) is 11.6. The highest BCUT2D eigenvalue weighted by Gasteiger charge is 2.16. The van der Waals surface area contributed by atoms with E-state index in [1.165, 1.54) is 0 Å². The Morgan fingerprint density at radius 1 is 1.33 bits per heavy atom. The fourth-order valence-electron chi connectivity index (χ4n) is 1.19. The zero-order valence-corrected chi connectivity index (χ0v) is 11.3. The second-order valence-corrected chi connectivity index (χ2v) is 4.52. The maximum absolute atomic E-state index is 11.6. The summed E-state index contributed by atoms with van der Waals surface area (Å²) in [5.41, 5.74) is 0. The quantitative estimate of drug-likeness (QED) is 0.693. The van der Waals surface area contributed by atoms with Crippen molar-refractivity contribution in [2.24, 2.45) is 5.92 Å². The van der Waals surface area contributed by atoms with Gasteiger partial charge in [-0.15, -0.1) is 10.2 Å². The summed E-state index contributed by atoms with van der Waals surface area (Å²) >= 11 is 0. The van der Waals surface area contributed by atoms with Crippen LogP contribution in [0, 0.1) is 12.8 Å². The third kappa shape index (κ3) is 5.27. The van der Waals surface area contributed by atoms with E-state index in [2.05, 4.69) is 24.0 Å². The molecule has 0 aliphatic rings. The average Bonchev–Trinajstić information content (AvgIpc) is 2.71. The molecule has 0 aromatic carbocycles. The molecule has 1 aromatic rings. The van der Waals surface area contributed by atoms with E-state index in [1.54, 1.807) is 13.8 Å². The lowest BCUT2D eigenvalue weighted by Crippen LogP contribution is -2.24. The zero-order valence-electron chi connectivity index (χ0n) is 11.3. The Labute approximate surface area is 107 Å². The number of carbonyl (C=O) groups is 1. The molecule has 6 nitrogen and oxygen atoms in total. The summed E-state index contributed by atoms with van der Waals surface area (Å²) in [6.45, 7) is 8.08. The van der Waals surface area contributed by atoms with Crippen LogP contribution >= 0.6 is 0 Å². The lowest BCUT2D eigenvalue weighted by molar-refractivity contribution is -0.158. The maximum atomic E-state index is 11.6. The Morgan fingerprint density at radius 2 is 2.06 bits per heavy atom. The number of esters is 1. The van der Waals surface area contributed by atoms with Crippen LogP contribution < -0.4 is 0 Å². The van der Waals surface area contributed by atoms with Gasteiger partial charge in [-0.25, -0.2) is 4.79 Å². The molecule has 1 rings (SSSR count). The predicted octanol–water partition coefficient (Wildman–Crippen LogP) is 1.87. The van der Waals surface area contributed by atoms with E-state index in [0.29, 0.717) is 18.4 Å². The molecule has 1 unspecified atom stereocenters. The number of aryl methyl sites for hydroxylation is 1. The highest BCUT2D eigenvalue weighted by molar-refractivity contribution is 5.74. The first-order valence-electron chi connectivity index (χ1n) is 6.06. The number of hydrogen-bond donors (Lipinski definition) is 0. The van der Waals surface area contributed by atoms with Crippen LogP contribution in [0.4, 0.5) is 0 Å². The zero-order chi connectivity index (χ0) is 13.5. The topological polar surface area (TPSA) is 74.5 Å². The SMILES string of the molecule is Cc1nnc(COC(=O)C(C)OCCC(C)C)o1. The van der Waals surface area contributed by atoms with Gasteiger partial charge in [0, 0.05) is 13.5 Å². The molecule has 1 atom stereocenters. The van der Waals surface area contributed by atoms with Gasteiger partial charge in [0.1, 0.15) is 0 Å². The molecule has 0 aliphatic heterocycles. The van der Waals surface area contributed by atoms with Crippen LogP contribution in [0.1, 0.15) is 39.0 Å². The van der Waals surface area contributed by atoms with Gasteiger partial charge in [0.2, 0.25) is 5.89 Å². The van der Waals surface area contributed by atoms with Crippen molar-refractivity contribution < 1.29 is 18.7 Å². The summed E-state index contributed by atoms with van der Waals surface area (Å²) in [5, 5.41) is 7.37. The van der Waals surface area contributed by atoms with E-state index < -0.39 is 12.1 Å². The predicted molar refractivity (Wildman–Crippen MR) is 63.7 cm³/mol. The van der Waals surface area contributed by atoms with E-state index in [-0.39, 0.29) is 12.5 Å². The van der Waals surface area contributed by atoms with Crippen molar-refractivity contribution in [1.29, 1.82) is 0 Å². The smallest absolute Gasteiger partial charge is 0.335 e. The molecule has 0 radical (unpaired) electrons. The molecule has 0 saturated carbocycles. The monoisotopic (exact) mass is 256 g/mol. The van der Waals surface area contributed by atoms with Crippen molar-refractivity contribution in [1.82, 2.24) is 10.2 Å². The lowest BCUT2D eigenvalue weighted by Gasteiger charge is -2.12. The lowest BCUT2D eigenvalue weighted by atomic mass is 10.1. The van der Waals surface area contributed by atoms with Crippen LogP contribution in [-0.2, 0) is 20.9 Å². The number of hydrogen-bond acceptors (Lipinski definition) is 6. The number of nitrogens with zero attached hydrogens (tertiary/aromatic N) is 2. The Morgan fingerprint density at radius 3 is 2.61 bits per heavy atom. The van der Waals surface area contributed by atoms with E-state index in [9.17, 15) is 4.79 Å². The molecule has 0 fully saturated rings. The minimum absolute atomic E-state index is 0.0163. The molecule has 18 heavy (non-hydrogen) atoms. The first-order chi connectivity index (χ1) is 8.49. The molecule has 0 saturated heterocycles. The van der Waals surface area contributed by atoms with E-state index in [1.807, 2.05) is 0 Å². The third-order valence-electron chi connectivity index (χ3n) is 2.30. The largest absolute Gasteiger partial charge is 0.454 e. The molecule has 1 heterocycles. The van der Waals surface area contributed by atoms with E-state index in [0.717, 1.165) is 6.42 Å². The Kier molecular flexibility index (Phi) is 5.77. The second kappa shape index (κ2) is 7.10. The Hall–Kier alpha value is -1.43. The van der Waals surface area contributed by atoms with Gasteiger partial charge in [0.05, 0.1) is 0 Å². The van der Waals surface area contributed by atoms with Crippen molar-refractivity contribution in [3.05, 3.63) is 11.8 Å². The van der Waals surface area contributed by atoms with Crippen molar-refractivity contribution in [2.75, 3.05) is 6.61 Å². The molecule has 102 valence electrons. The first-order valence-corrected chi connectivity index (χ1v) is 6.06. The molecular weight excluding hydrogens is 236 g/mol. The minimum Gasteiger partial charge on any atom is -0.454 e. The number of carbonyl (C=O) groups excluding carboxylic acids is 1. The normalized spacial score (nSPS) is 12.7. The Balaban J connectivity index is 2.23. The van der Waals surface area contributed by atoms with E-state index >= 15 is 0 Å². The molecule has 6 heteroatoms. The molecule has 0 N–H and O–H groups in total. The van der Waals surface area contributed by atoms with Gasteiger partial charge in [-0.05, 0) is 19.3 Å². The van der Waals surface area contributed by atoms with Gasteiger partial charge >= 0.3 is 5.97 Å². The van der Waals surface area contributed by atoms with E-state index in [4.69, 9.17) is 13.9 Å². The minimum atomic E-state index is -0.576. The highest BCUT2D eigenvalue weighted by Crippen LogP contribution is 2.05. The molecule has 0 amide bonds. The summed E-state index contributed by atoms with van der Waals surface area (Å²) in [5.74, 6) is 0.863. The summed E-state index contributed by atoms with van der Waals surface area (Å²) in [7, 11) is 0. The van der Waals surface area contributed by atoms with Crippen LogP contribution in [0.5, 0.6) is 0 Å². The van der Waals surface area contributed by atoms with Crippen LogP contribution in [0.25, 0.3) is 0 Å².